The molecular formula is C14H25N3. The highest BCUT2D eigenvalue weighted by Gasteiger charge is 2.25. The van der Waals surface area contributed by atoms with Crippen molar-refractivity contribution >= 4 is 0 Å². The predicted molar refractivity (Wildman–Crippen MR) is 71.0 cm³/mol. The maximum atomic E-state index is 4.23. The second-order valence-electron chi connectivity index (χ2n) is 5.31. The lowest BCUT2D eigenvalue weighted by Crippen LogP contribution is -2.31. The first-order valence-electron chi connectivity index (χ1n) is 7.00. The summed E-state index contributed by atoms with van der Waals surface area (Å²) >= 11 is 0. The minimum atomic E-state index is 0.706. The second kappa shape index (κ2) is 6.20. The van der Waals surface area contributed by atoms with Gasteiger partial charge in [-0.15, -0.1) is 0 Å². The van der Waals surface area contributed by atoms with Gasteiger partial charge in [0.2, 0.25) is 0 Å². The third-order valence-electron chi connectivity index (χ3n) is 3.67. The largest absolute Gasteiger partial charge is 0.314 e. The lowest BCUT2D eigenvalue weighted by atomic mass is 10.0. The molecular weight excluding hydrogens is 210 g/mol. The molecule has 17 heavy (non-hydrogen) atoms. The number of hydrogen-bond donors (Lipinski definition) is 1. The van der Waals surface area contributed by atoms with Crippen molar-refractivity contribution in [2.45, 2.75) is 51.5 Å². The van der Waals surface area contributed by atoms with Crippen molar-refractivity contribution in [2.75, 3.05) is 6.54 Å². The van der Waals surface area contributed by atoms with Crippen LogP contribution in [0.2, 0.25) is 0 Å². The summed E-state index contributed by atoms with van der Waals surface area (Å²) in [6, 6.07) is 2.84. The van der Waals surface area contributed by atoms with Crippen LogP contribution in [0, 0.1) is 5.92 Å². The Labute approximate surface area is 105 Å². The van der Waals surface area contributed by atoms with Gasteiger partial charge in [-0.05, 0) is 44.2 Å². The number of nitrogens with one attached hydrogen (secondary N) is 1. The molecule has 96 valence electrons. The number of aromatic nitrogens is 2. The SMILES string of the molecule is CCCNC(CCc1ccnn1C)CC1CC1. The summed E-state index contributed by atoms with van der Waals surface area (Å²) in [7, 11) is 2.03. The quantitative estimate of drug-likeness (QED) is 0.750. The average molecular weight is 235 g/mol. The van der Waals surface area contributed by atoms with Gasteiger partial charge in [0.25, 0.3) is 0 Å². The fourth-order valence-corrected chi connectivity index (χ4v) is 2.38. The van der Waals surface area contributed by atoms with Gasteiger partial charge in [-0.1, -0.05) is 19.8 Å². The van der Waals surface area contributed by atoms with Gasteiger partial charge in [-0.3, -0.25) is 4.68 Å². The van der Waals surface area contributed by atoms with E-state index in [2.05, 4.69) is 23.4 Å². The van der Waals surface area contributed by atoms with Crippen LogP contribution in [0.5, 0.6) is 0 Å². The van der Waals surface area contributed by atoms with Crippen LogP contribution in [-0.4, -0.2) is 22.4 Å². The molecule has 0 bridgehead atoms. The smallest absolute Gasteiger partial charge is 0.0492 e. The van der Waals surface area contributed by atoms with Gasteiger partial charge >= 0.3 is 0 Å². The van der Waals surface area contributed by atoms with Crippen molar-refractivity contribution in [3.8, 4) is 0 Å². The Morgan fingerprint density at radius 3 is 2.94 bits per heavy atom. The standard InChI is InChI=1S/C14H25N3/c1-3-9-15-13(11-12-4-5-12)6-7-14-8-10-16-17(14)2/h8,10,12-13,15H,3-7,9,11H2,1-2H3. The van der Waals surface area contributed by atoms with Crippen molar-refractivity contribution in [2.24, 2.45) is 13.0 Å². The summed E-state index contributed by atoms with van der Waals surface area (Å²) in [5, 5.41) is 7.92. The zero-order valence-electron chi connectivity index (χ0n) is 11.2. The summed E-state index contributed by atoms with van der Waals surface area (Å²) in [4.78, 5) is 0. The minimum Gasteiger partial charge on any atom is -0.314 e. The summed E-state index contributed by atoms with van der Waals surface area (Å²) in [6.45, 7) is 3.39. The first kappa shape index (κ1) is 12.6. The van der Waals surface area contributed by atoms with Crippen LogP contribution in [0.4, 0.5) is 0 Å². The van der Waals surface area contributed by atoms with E-state index in [-0.39, 0.29) is 0 Å². The molecule has 1 aromatic rings. The number of nitrogens with zero attached hydrogens (tertiary/aromatic N) is 2. The van der Waals surface area contributed by atoms with Crippen molar-refractivity contribution in [1.82, 2.24) is 15.1 Å². The average Bonchev–Trinajstić information content (AvgIpc) is 3.05. The van der Waals surface area contributed by atoms with Crippen LogP contribution in [0.1, 0.15) is 44.7 Å². The Morgan fingerprint density at radius 1 is 1.53 bits per heavy atom. The Morgan fingerprint density at radius 2 is 2.35 bits per heavy atom. The molecule has 1 aliphatic carbocycles. The summed E-state index contributed by atoms with van der Waals surface area (Å²) in [6.07, 6.45) is 9.79. The molecule has 0 amide bonds. The van der Waals surface area contributed by atoms with E-state index >= 15 is 0 Å². The van der Waals surface area contributed by atoms with E-state index in [1.807, 2.05) is 17.9 Å². The van der Waals surface area contributed by atoms with Gasteiger partial charge in [0, 0.05) is 25.0 Å². The van der Waals surface area contributed by atoms with Gasteiger partial charge in [0.1, 0.15) is 0 Å². The van der Waals surface area contributed by atoms with Crippen molar-refractivity contribution in [1.29, 1.82) is 0 Å². The molecule has 0 aromatic carbocycles. The molecule has 1 unspecified atom stereocenters. The summed E-state index contributed by atoms with van der Waals surface area (Å²) in [5.41, 5.74) is 1.35. The number of aryl methyl sites for hydroxylation is 2. The third kappa shape index (κ3) is 4.15. The van der Waals surface area contributed by atoms with Gasteiger partial charge in [-0.2, -0.15) is 5.10 Å². The van der Waals surface area contributed by atoms with E-state index in [4.69, 9.17) is 0 Å². The van der Waals surface area contributed by atoms with E-state index in [1.165, 1.54) is 37.8 Å². The highest BCUT2D eigenvalue weighted by atomic mass is 15.2. The zero-order valence-corrected chi connectivity index (χ0v) is 11.2. The monoisotopic (exact) mass is 235 g/mol. The maximum absolute atomic E-state index is 4.23. The van der Waals surface area contributed by atoms with Gasteiger partial charge < -0.3 is 5.32 Å². The number of rotatable bonds is 8. The van der Waals surface area contributed by atoms with E-state index in [9.17, 15) is 0 Å². The Bertz CT molecular complexity index is 328. The fourth-order valence-electron chi connectivity index (χ4n) is 2.38. The molecule has 1 saturated carbocycles. The normalized spacial score (nSPS) is 17.3. The van der Waals surface area contributed by atoms with Crippen LogP contribution in [0.15, 0.2) is 12.3 Å². The molecule has 0 spiro atoms. The van der Waals surface area contributed by atoms with Crippen LogP contribution >= 0.6 is 0 Å². The highest BCUT2D eigenvalue weighted by Crippen LogP contribution is 2.34. The van der Waals surface area contributed by atoms with E-state index in [0.29, 0.717) is 6.04 Å². The van der Waals surface area contributed by atoms with E-state index in [0.717, 1.165) is 18.9 Å². The Hall–Kier alpha value is -0.830. The molecule has 0 saturated heterocycles. The minimum absolute atomic E-state index is 0.706. The zero-order chi connectivity index (χ0) is 12.1. The van der Waals surface area contributed by atoms with Crippen LogP contribution in [0.25, 0.3) is 0 Å². The summed E-state index contributed by atoms with van der Waals surface area (Å²) in [5.74, 6) is 1.01. The molecule has 1 heterocycles. The lowest BCUT2D eigenvalue weighted by molar-refractivity contribution is 0.428. The second-order valence-corrected chi connectivity index (χ2v) is 5.31. The molecule has 1 fully saturated rings. The van der Waals surface area contributed by atoms with Crippen LogP contribution < -0.4 is 5.32 Å². The first-order chi connectivity index (χ1) is 8.29. The Kier molecular flexibility index (Phi) is 4.60. The van der Waals surface area contributed by atoms with Crippen molar-refractivity contribution < 1.29 is 0 Å². The van der Waals surface area contributed by atoms with Gasteiger partial charge in [0.05, 0.1) is 0 Å². The molecule has 1 atom stereocenters. The van der Waals surface area contributed by atoms with E-state index in [1.54, 1.807) is 0 Å². The molecule has 3 nitrogen and oxygen atoms in total. The van der Waals surface area contributed by atoms with Crippen molar-refractivity contribution in [3.05, 3.63) is 18.0 Å². The van der Waals surface area contributed by atoms with Crippen LogP contribution in [-0.2, 0) is 13.5 Å². The molecule has 1 aromatic heterocycles. The molecule has 1 N–H and O–H groups in total. The lowest BCUT2D eigenvalue weighted by Gasteiger charge is -2.18. The molecule has 3 heteroatoms. The molecule has 2 rings (SSSR count). The molecule has 0 radical (unpaired) electrons. The third-order valence-corrected chi connectivity index (χ3v) is 3.67. The molecule has 0 aliphatic heterocycles. The fraction of sp³-hybridized carbons (Fsp3) is 0.786. The highest BCUT2D eigenvalue weighted by molar-refractivity contribution is 5.00. The Balaban J connectivity index is 1.77. The predicted octanol–water partition coefficient (Wildman–Crippen LogP) is 2.52. The van der Waals surface area contributed by atoms with E-state index < -0.39 is 0 Å². The molecule has 1 aliphatic rings. The topological polar surface area (TPSA) is 29.9 Å². The van der Waals surface area contributed by atoms with Crippen LogP contribution in [0.3, 0.4) is 0 Å². The van der Waals surface area contributed by atoms with Gasteiger partial charge in [0.15, 0.2) is 0 Å². The van der Waals surface area contributed by atoms with Gasteiger partial charge in [-0.25, -0.2) is 0 Å². The number of hydrogen-bond acceptors (Lipinski definition) is 2. The maximum Gasteiger partial charge on any atom is 0.0492 e. The first-order valence-corrected chi connectivity index (χ1v) is 7.00. The summed E-state index contributed by atoms with van der Waals surface area (Å²) < 4.78 is 1.99. The van der Waals surface area contributed by atoms with Crippen molar-refractivity contribution in [3.63, 3.8) is 0 Å².